The summed E-state index contributed by atoms with van der Waals surface area (Å²) in [5.41, 5.74) is 5.21. The first kappa shape index (κ1) is 14.8. The first-order valence-electron chi connectivity index (χ1n) is 7.20. The van der Waals surface area contributed by atoms with Crippen LogP contribution >= 0.6 is 0 Å². The Kier molecular flexibility index (Phi) is 4.05. The fraction of sp³-hybridized carbons (Fsp3) is 0.118. The third-order valence-electron chi connectivity index (χ3n) is 3.38. The van der Waals surface area contributed by atoms with Crippen molar-refractivity contribution in [3.05, 3.63) is 60.2 Å². The second kappa shape index (κ2) is 6.31. The summed E-state index contributed by atoms with van der Waals surface area (Å²) in [5, 5.41) is 4.08. The van der Waals surface area contributed by atoms with Gasteiger partial charge in [0.05, 0.1) is 5.69 Å². The van der Waals surface area contributed by atoms with Gasteiger partial charge in [0, 0.05) is 5.69 Å². The Bertz CT molecular complexity index is 754. The molecule has 3 rings (SSSR count). The average molecular weight is 308 g/mol. The van der Waals surface area contributed by atoms with Crippen molar-refractivity contribution in [2.45, 2.75) is 6.92 Å². The molecular weight excluding hydrogens is 292 g/mol. The summed E-state index contributed by atoms with van der Waals surface area (Å²) in [4.78, 5) is 28.3. The number of carbonyl (C=O) groups is 2. The summed E-state index contributed by atoms with van der Waals surface area (Å²) in [6.45, 7) is 1.90. The van der Waals surface area contributed by atoms with Gasteiger partial charge in [-0.3, -0.25) is 20.0 Å². The van der Waals surface area contributed by atoms with Gasteiger partial charge in [-0.1, -0.05) is 35.9 Å². The van der Waals surface area contributed by atoms with Crippen LogP contribution in [0.1, 0.15) is 5.56 Å². The number of hydrogen-bond acceptors (Lipinski definition) is 4. The lowest BCUT2D eigenvalue weighted by Gasteiger charge is -2.27. The van der Waals surface area contributed by atoms with E-state index in [9.17, 15) is 9.59 Å². The second-order valence-electron chi connectivity index (χ2n) is 5.16. The Morgan fingerprint density at radius 2 is 1.83 bits per heavy atom. The van der Waals surface area contributed by atoms with Gasteiger partial charge in [-0.05, 0) is 31.2 Å². The molecule has 0 spiro atoms. The van der Waals surface area contributed by atoms with Gasteiger partial charge in [0.25, 0.3) is 11.8 Å². The van der Waals surface area contributed by atoms with Crippen LogP contribution < -0.4 is 15.8 Å². The van der Waals surface area contributed by atoms with Gasteiger partial charge in [-0.2, -0.15) is 0 Å². The predicted molar refractivity (Wildman–Crippen MR) is 89.2 cm³/mol. The molecule has 0 aromatic heterocycles. The van der Waals surface area contributed by atoms with E-state index >= 15 is 0 Å². The number of amidine groups is 1. The zero-order valence-electron chi connectivity index (χ0n) is 12.6. The van der Waals surface area contributed by atoms with E-state index in [0.29, 0.717) is 11.4 Å². The maximum atomic E-state index is 12.3. The molecule has 0 saturated carbocycles. The number of hydrogen-bond donors (Lipinski definition) is 2. The van der Waals surface area contributed by atoms with Crippen LogP contribution in [0.4, 0.5) is 11.4 Å². The number of para-hydroxylation sites is 1. The normalized spacial score (nSPS) is 14.0. The molecule has 0 radical (unpaired) electrons. The molecule has 1 aliphatic rings. The quantitative estimate of drug-likeness (QED) is 0.909. The smallest absolute Gasteiger partial charge is 0.292 e. The van der Waals surface area contributed by atoms with Crippen molar-refractivity contribution in [3.8, 4) is 0 Å². The molecule has 6 nitrogen and oxygen atoms in total. The van der Waals surface area contributed by atoms with Crippen LogP contribution in [0, 0.1) is 6.92 Å². The first-order valence-corrected chi connectivity index (χ1v) is 7.20. The number of amides is 2. The van der Waals surface area contributed by atoms with Crippen LogP contribution in [0.5, 0.6) is 0 Å². The summed E-state index contributed by atoms with van der Waals surface area (Å²) in [6, 6.07) is 16.5. The zero-order valence-corrected chi connectivity index (χ0v) is 12.6. The molecule has 0 bridgehead atoms. The molecule has 2 aromatic rings. The molecular formula is C17H16N4O2. The molecule has 0 unspecified atom stereocenters. The van der Waals surface area contributed by atoms with Crippen LogP contribution in [0.3, 0.4) is 0 Å². The molecule has 2 N–H and O–H groups in total. The SMILES string of the molecule is Cc1ccc(N2NC(C(=O)Nc3ccccc3)=NCC2=O)cc1. The van der Waals surface area contributed by atoms with Gasteiger partial charge < -0.3 is 5.32 Å². The van der Waals surface area contributed by atoms with E-state index in [1.165, 1.54) is 5.01 Å². The van der Waals surface area contributed by atoms with Crippen LogP contribution in [0.15, 0.2) is 59.6 Å². The van der Waals surface area contributed by atoms with Crippen LogP contribution in [-0.2, 0) is 9.59 Å². The summed E-state index contributed by atoms with van der Waals surface area (Å²) >= 11 is 0. The van der Waals surface area contributed by atoms with Gasteiger partial charge in [0.15, 0.2) is 0 Å². The van der Waals surface area contributed by atoms with E-state index in [1.54, 1.807) is 12.1 Å². The Morgan fingerprint density at radius 3 is 2.52 bits per heavy atom. The van der Waals surface area contributed by atoms with Gasteiger partial charge in [-0.15, -0.1) is 0 Å². The third-order valence-corrected chi connectivity index (χ3v) is 3.38. The minimum absolute atomic E-state index is 0.0710. The molecule has 6 heteroatoms. The molecule has 116 valence electrons. The summed E-state index contributed by atoms with van der Waals surface area (Å²) in [7, 11) is 0. The molecule has 0 fully saturated rings. The first-order chi connectivity index (χ1) is 11.1. The van der Waals surface area contributed by atoms with E-state index in [-0.39, 0.29) is 24.2 Å². The van der Waals surface area contributed by atoms with Crippen LogP contribution in [0.25, 0.3) is 0 Å². The van der Waals surface area contributed by atoms with Gasteiger partial charge >= 0.3 is 0 Å². The minimum atomic E-state index is -0.388. The van der Waals surface area contributed by atoms with Crippen molar-refractivity contribution >= 4 is 29.0 Å². The summed E-state index contributed by atoms with van der Waals surface area (Å²) < 4.78 is 0. The highest BCUT2D eigenvalue weighted by Crippen LogP contribution is 2.15. The number of benzene rings is 2. The molecule has 0 atom stereocenters. The fourth-order valence-electron chi connectivity index (χ4n) is 2.16. The lowest BCUT2D eigenvalue weighted by molar-refractivity contribution is -0.118. The molecule has 0 saturated heterocycles. The molecule has 2 amide bonds. The predicted octanol–water partition coefficient (Wildman–Crippen LogP) is 1.88. The maximum absolute atomic E-state index is 12.3. The highest BCUT2D eigenvalue weighted by Gasteiger charge is 2.25. The Hall–Kier alpha value is -3.15. The van der Waals surface area contributed by atoms with E-state index < -0.39 is 0 Å². The van der Waals surface area contributed by atoms with Gasteiger partial charge in [0.1, 0.15) is 6.54 Å². The van der Waals surface area contributed by atoms with Crippen LogP contribution in [-0.4, -0.2) is 24.2 Å². The number of nitrogens with one attached hydrogen (secondary N) is 2. The van der Waals surface area contributed by atoms with Crippen molar-refractivity contribution in [2.24, 2.45) is 4.99 Å². The van der Waals surface area contributed by atoms with Crippen molar-refractivity contribution < 1.29 is 9.59 Å². The molecule has 23 heavy (non-hydrogen) atoms. The lowest BCUT2D eigenvalue weighted by Crippen LogP contribution is -2.54. The molecule has 0 aliphatic carbocycles. The molecule has 1 aliphatic heterocycles. The molecule has 1 heterocycles. The number of anilines is 2. The Morgan fingerprint density at radius 1 is 1.13 bits per heavy atom. The van der Waals surface area contributed by atoms with Crippen molar-refractivity contribution in [3.63, 3.8) is 0 Å². The van der Waals surface area contributed by atoms with Crippen molar-refractivity contribution in [2.75, 3.05) is 16.9 Å². The van der Waals surface area contributed by atoms with E-state index in [0.717, 1.165) is 5.56 Å². The number of aliphatic imine (C=N–C) groups is 1. The van der Waals surface area contributed by atoms with E-state index in [2.05, 4.69) is 15.7 Å². The number of carbonyl (C=O) groups excluding carboxylic acids is 2. The highest BCUT2D eigenvalue weighted by atomic mass is 16.2. The largest absolute Gasteiger partial charge is 0.319 e. The van der Waals surface area contributed by atoms with E-state index in [1.807, 2.05) is 49.4 Å². The number of rotatable bonds is 3. The molecule has 2 aromatic carbocycles. The monoisotopic (exact) mass is 308 g/mol. The minimum Gasteiger partial charge on any atom is -0.319 e. The van der Waals surface area contributed by atoms with Crippen molar-refractivity contribution in [1.82, 2.24) is 5.43 Å². The summed E-state index contributed by atoms with van der Waals surface area (Å²) in [5.74, 6) is -0.500. The number of nitrogens with zero attached hydrogens (tertiary/aromatic N) is 2. The Balaban J connectivity index is 1.75. The lowest BCUT2D eigenvalue weighted by atomic mass is 10.2. The topological polar surface area (TPSA) is 73.8 Å². The fourth-order valence-corrected chi connectivity index (χ4v) is 2.16. The Labute approximate surface area is 133 Å². The number of hydrazine groups is 1. The highest BCUT2D eigenvalue weighted by molar-refractivity contribution is 6.43. The second-order valence-corrected chi connectivity index (χ2v) is 5.16. The van der Waals surface area contributed by atoms with Crippen LogP contribution in [0.2, 0.25) is 0 Å². The zero-order chi connectivity index (χ0) is 16.2. The number of aryl methyl sites for hydroxylation is 1. The van der Waals surface area contributed by atoms with Gasteiger partial charge in [-0.25, -0.2) is 5.01 Å². The standard InChI is InChI=1S/C17H16N4O2/c1-12-7-9-14(10-8-12)21-15(22)11-18-16(20-21)17(23)19-13-5-3-2-4-6-13/h2-10H,11H2,1H3,(H,18,20)(H,19,23). The average Bonchev–Trinajstić information content (AvgIpc) is 2.57. The van der Waals surface area contributed by atoms with E-state index in [4.69, 9.17) is 0 Å². The summed E-state index contributed by atoms with van der Waals surface area (Å²) in [6.07, 6.45) is 0. The maximum Gasteiger partial charge on any atom is 0.292 e. The van der Waals surface area contributed by atoms with Crippen molar-refractivity contribution in [1.29, 1.82) is 0 Å². The van der Waals surface area contributed by atoms with Gasteiger partial charge in [0.2, 0.25) is 5.84 Å². The third kappa shape index (κ3) is 3.37.